The number of aliphatic hydroxyl groups excluding tert-OH is 2. The molecule has 0 aliphatic heterocycles. The fraction of sp³-hybridized carbons (Fsp3) is 1.00. The Morgan fingerprint density at radius 2 is 1.79 bits per heavy atom. The van der Waals surface area contributed by atoms with Gasteiger partial charge in [0.25, 0.3) is 0 Å². The lowest BCUT2D eigenvalue weighted by Crippen LogP contribution is -2.40. The molecule has 0 saturated carbocycles. The Labute approximate surface area is 118 Å². The summed E-state index contributed by atoms with van der Waals surface area (Å²) in [7, 11) is 0. The Kier molecular flexibility index (Phi) is 11.6. The van der Waals surface area contributed by atoms with Crippen molar-refractivity contribution < 1.29 is 14.9 Å². The quantitative estimate of drug-likeness (QED) is 0.475. The number of hydrogen-bond acceptors (Lipinski definition) is 4. The van der Waals surface area contributed by atoms with E-state index in [9.17, 15) is 10.2 Å². The van der Waals surface area contributed by atoms with Gasteiger partial charge in [0.05, 0.1) is 19.3 Å². The zero-order chi connectivity index (χ0) is 14.7. The Morgan fingerprint density at radius 1 is 1.11 bits per heavy atom. The topological polar surface area (TPSA) is 61.7 Å². The van der Waals surface area contributed by atoms with Gasteiger partial charge in [0, 0.05) is 19.2 Å². The zero-order valence-electron chi connectivity index (χ0n) is 13.1. The van der Waals surface area contributed by atoms with Crippen LogP contribution in [0.3, 0.4) is 0 Å². The molecular formula is C15H33NO3. The molecule has 0 spiro atoms. The van der Waals surface area contributed by atoms with Gasteiger partial charge < -0.3 is 20.3 Å². The van der Waals surface area contributed by atoms with E-state index in [0.717, 1.165) is 19.3 Å². The second kappa shape index (κ2) is 11.6. The van der Waals surface area contributed by atoms with Crippen molar-refractivity contribution in [3.8, 4) is 0 Å². The van der Waals surface area contributed by atoms with Crippen molar-refractivity contribution in [1.82, 2.24) is 5.32 Å². The third-order valence-electron chi connectivity index (χ3n) is 3.00. The standard InChI is InChI=1S/C15H33NO3/c1-12(2)6-5-7-19-11-15(18)9-16-14(10-17)8-13(3)4/h12-18H,5-11H2,1-4H3. The van der Waals surface area contributed by atoms with Crippen LogP contribution in [-0.4, -0.2) is 48.7 Å². The Morgan fingerprint density at radius 3 is 2.32 bits per heavy atom. The first-order valence-electron chi connectivity index (χ1n) is 7.55. The summed E-state index contributed by atoms with van der Waals surface area (Å²) in [5, 5.41) is 22.2. The van der Waals surface area contributed by atoms with Crippen LogP contribution in [-0.2, 0) is 4.74 Å². The summed E-state index contributed by atoms with van der Waals surface area (Å²) >= 11 is 0. The second-order valence-corrected chi connectivity index (χ2v) is 6.18. The van der Waals surface area contributed by atoms with Crippen LogP contribution < -0.4 is 5.32 Å². The van der Waals surface area contributed by atoms with Gasteiger partial charge in [0.1, 0.15) is 0 Å². The summed E-state index contributed by atoms with van der Waals surface area (Å²) in [6, 6.07) is 0.0654. The van der Waals surface area contributed by atoms with Crippen LogP contribution in [0.1, 0.15) is 47.0 Å². The second-order valence-electron chi connectivity index (χ2n) is 6.18. The predicted octanol–water partition coefficient (Wildman–Crippen LogP) is 1.80. The van der Waals surface area contributed by atoms with E-state index in [1.165, 1.54) is 0 Å². The minimum Gasteiger partial charge on any atom is -0.395 e. The molecule has 116 valence electrons. The van der Waals surface area contributed by atoms with Crippen LogP contribution in [0.25, 0.3) is 0 Å². The summed E-state index contributed by atoms with van der Waals surface area (Å²) < 4.78 is 5.44. The normalized spacial score (nSPS) is 15.2. The van der Waals surface area contributed by atoms with Crippen molar-refractivity contribution >= 4 is 0 Å². The van der Waals surface area contributed by atoms with Crippen molar-refractivity contribution in [2.75, 3.05) is 26.4 Å². The number of hydrogen-bond donors (Lipinski definition) is 3. The van der Waals surface area contributed by atoms with Crippen LogP contribution in [0.2, 0.25) is 0 Å². The molecule has 0 saturated heterocycles. The summed E-state index contributed by atoms with van der Waals surface area (Å²) in [5.41, 5.74) is 0. The molecule has 0 aliphatic carbocycles. The van der Waals surface area contributed by atoms with Crippen LogP contribution >= 0.6 is 0 Å². The van der Waals surface area contributed by atoms with E-state index in [1.54, 1.807) is 0 Å². The summed E-state index contributed by atoms with van der Waals surface area (Å²) in [6.07, 6.45) is 2.62. The van der Waals surface area contributed by atoms with E-state index < -0.39 is 6.10 Å². The van der Waals surface area contributed by atoms with Gasteiger partial charge in [-0.05, 0) is 31.1 Å². The first kappa shape index (κ1) is 18.8. The summed E-state index contributed by atoms with van der Waals surface area (Å²) in [5.74, 6) is 1.24. The van der Waals surface area contributed by atoms with Gasteiger partial charge in [0.2, 0.25) is 0 Å². The van der Waals surface area contributed by atoms with Gasteiger partial charge >= 0.3 is 0 Å². The van der Waals surface area contributed by atoms with E-state index in [4.69, 9.17) is 4.74 Å². The molecule has 0 aliphatic rings. The van der Waals surface area contributed by atoms with Gasteiger partial charge in [-0.2, -0.15) is 0 Å². The van der Waals surface area contributed by atoms with E-state index in [1.807, 2.05) is 0 Å². The molecular weight excluding hydrogens is 242 g/mol. The van der Waals surface area contributed by atoms with Crippen molar-refractivity contribution in [3.63, 3.8) is 0 Å². The lowest BCUT2D eigenvalue weighted by atomic mass is 10.0. The summed E-state index contributed by atoms with van der Waals surface area (Å²) in [6.45, 7) is 10.3. The highest BCUT2D eigenvalue weighted by Gasteiger charge is 2.11. The van der Waals surface area contributed by atoms with Crippen LogP contribution in [0.4, 0.5) is 0 Å². The molecule has 2 unspecified atom stereocenters. The van der Waals surface area contributed by atoms with Crippen molar-refractivity contribution in [1.29, 1.82) is 0 Å². The molecule has 0 aromatic rings. The van der Waals surface area contributed by atoms with Crippen LogP contribution in [0, 0.1) is 11.8 Å². The van der Waals surface area contributed by atoms with E-state index in [0.29, 0.717) is 31.6 Å². The van der Waals surface area contributed by atoms with E-state index in [-0.39, 0.29) is 12.6 Å². The maximum atomic E-state index is 9.77. The predicted molar refractivity (Wildman–Crippen MR) is 79.2 cm³/mol. The monoisotopic (exact) mass is 275 g/mol. The van der Waals surface area contributed by atoms with Gasteiger partial charge in [0.15, 0.2) is 0 Å². The number of rotatable bonds is 12. The van der Waals surface area contributed by atoms with Gasteiger partial charge in [-0.15, -0.1) is 0 Å². The molecule has 0 bridgehead atoms. The lowest BCUT2D eigenvalue weighted by molar-refractivity contribution is 0.0319. The van der Waals surface area contributed by atoms with Crippen molar-refractivity contribution in [3.05, 3.63) is 0 Å². The summed E-state index contributed by atoms with van der Waals surface area (Å²) in [4.78, 5) is 0. The third-order valence-corrected chi connectivity index (χ3v) is 3.00. The molecule has 0 rings (SSSR count). The van der Waals surface area contributed by atoms with Crippen molar-refractivity contribution in [2.24, 2.45) is 11.8 Å². The van der Waals surface area contributed by atoms with Gasteiger partial charge in [-0.25, -0.2) is 0 Å². The highest BCUT2D eigenvalue weighted by Crippen LogP contribution is 2.05. The maximum Gasteiger partial charge on any atom is 0.0897 e. The molecule has 0 aromatic carbocycles. The maximum absolute atomic E-state index is 9.77. The fourth-order valence-corrected chi connectivity index (χ4v) is 1.97. The highest BCUT2D eigenvalue weighted by molar-refractivity contribution is 4.70. The van der Waals surface area contributed by atoms with E-state index >= 15 is 0 Å². The zero-order valence-corrected chi connectivity index (χ0v) is 13.1. The molecule has 0 fully saturated rings. The Balaban J connectivity index is 3.54. The minimum absolute atomic E-state index is 0.0654. The molecule has 4 nitrogen and oxygen atoms in total. The molecule has 0 radical (unpaired) electrons. The van der Waals surface area contributed by atoms with Gasteiger partial charge in [-0.3, -0.25) is 0 Å². The lowest BCUT2D eigenvalue weighted by Gasteiger charge is -2.20. The average molecular weight is 275 g/mol. The molecule has 0 amide bonds. The first-order chi connectivity index (χ1) is 8.95. The third kappa shape index (κ3) is 12.6. The largest absolute Gasteiger partial charge is 0.395 e. The number of ether oxygens (including phenoxy) is 1. The number of nitrogens with one attached hydrogen (secondary N) is 1. The SMILES string of the molecule is CC(C)CCCOCC(O)CNC(CO)CC(C)C. The Hall–Kier alpha value is -0.160. The van der Waals surface area contributed by atoms with Crippen molar-refractivity contribution in [2.45, 2.75) is 59.1 Å². The number of aliphatic hydroxyl groups is 2. The van der Waals surface area contributed by atoms with E-state index in [2.05, 4.69) is 33.0 Å². The average Bonchev–Trinajstić information content (AvgIpc) is 2.33. The minimum atomic E-state index is -0.500. The molecule has 0 heterocycles. The molecule has 2 atom stereocenters. The smallest absolute Gasteiger partial charge is 0.0897 e. The molecule has 4 heteroatoms. The van der Waals surface area contributed by atoms with Crippen LogP contribution in [0.5, 0.6) is 0 Å². The fourth-order valence-electron chi connectivity index (χ4n) is 1.97. The van der Waals surface area contributed by atoms with Crippen LogP contribution in [0.15, 0.2) is 0 Å². The molecule has 3 N–H and O–H groups in total. The Bertz CT molecular complexity index is 198. The first-order valence-corrected chi connectivity index (χ1v) is 7.55. The van der Waals surface area contributed by atoms with Gasteiger partial charge in [-0.1, -0.05) is 27.7 Å². The molecule has 0 aromatic heterocycles. The molecule has 19 heavy (non-hydrogen) atoms. The highest BCUT2D eigenvalue weighted by atomic mass is 16.5.